The van der Waals surface area contributed by atoms with Crippen LogP contribution in [0.15, 0.2) is 48.8 Å². The van der Waals surface area contributed by atoms with Gasteiger partial charge in [0.15, 0.2) is 0 Å². The van der Waals surface area contributed by atoms with Gasteiger partial charge in [-0.25, -0.2) is 0 Å². The fraction of sp³-hybridized carbons (Fsp3) is 0.312. The molecule has 20 heavy (non-hydrogen) atoms. The molecule has 0 fully saturated rings. The van der Waals surface area contributed by atoms with Gasteiger partial charge in [-0.3, -0.25) is 9.88 Å². The number of rotatable bonds is 3. The summed E-state index contributed by atoms with van der Waals surface area (Å²) in [5.74, 6) is 0.908. The Hall–Kier alpha value is -1.91. The Balaban J connectivity index is 1.75. The Morgan fingerprint density at radius 2 is 2.15 bits per heavy atom. The Morgan fingerprint density at radius 3 is 2.95 bits per heavy atom. The molecule has 0 radical (unpaired) electrons. The van der Waals surface area contributed by atoms with E-state index in [0.717, 1.165) is 17.9 Å². The second kappa shape index (κ2) is 5.61. The van der Waals surface area contributed by atoms with E-state index in [1.807, 2.05) is 36.5 Å². The van der Waals surface area contributed by atoms with Crippen LogP contribution in [0, 0.1) is 0 Å². The first-order valence-corrected chi connectivity index (χ1v) is 6.82. The van der Waals surface area contributed by atoms with E-state index >= 15 is 0 Å². The van der Waals surface area contributed by atoms with Crippen molar-refractivity contribution in [1.82, 2.24) is 9.88 Å². The minimum absolute atomic E-state index is 0.0263. The lowest BCUT2D eigenvalue weighted by atomic mass is 9.96. The molecule has 2 N–H and O–H groups in total. The van der Waals surface area contributed by atoms with Crippen molar-refractivity contribution in [2.24, 2.45) is 5.73 Å². The number of hydrogen-bond donors (Lipinski definition) is 1. The molecule has 1 aliphatic rings. The van der Waals surface area contributed by atoms with Crippen LogP contribution < -0.4 is 10.5 Å². The number of benzene rings is 1. The lowest BCUT2D eigenvalue weighted by molar-refractivity contribution is 0.114. The summed E-state index contributed by atoms with van der Waals surface area (Å²) < 4.78 is 5.83. The lowest BCUT2D eigenvalue weighted by Gasteiger charge is -2.37. The van der Waals surface area contributed by atoms with E-state index < -0.39 is 0 Å². The first-order valence-electron chi connectivity index (χ1n) is 6.82. The van der Waals surface area contributed by atoms with E-state index in [1.54, 1.807) is 6.20 Å². The molecule has 0 saturated carbocycles. The largest absolute Gasteiger partial charge is 0.492 e. The molecule has 0 aliphatic carbocycles. The molecule has 4 heteroatoms. The molecule has 4 nitrogen and oxygen atoms in total. The SMILES string of the molecule is CN(Cc1cccnc1)C1COc2ccccc2C1N. The van der Waals surface area contributed by atoms with Gasteiger partial charge in [-0.15, -0.1) is 0 Å². The van der Waals surface area contributed by atoms with Gasteiger partial charge in [0, 0.05) is 24.5 Å². The third-order valence-corrected chi connectivity index (χ3v) is 3.82. The summed E-state index contributed by atoms with van der Waals surface area (Å²) in [4.78, 5) is 6.38. The van der Waals surface area contributed by atoms with E-state index in [0.29, 0.717) is 6.61 Å². The maximum absolute atomic E-state index is 6.41. The monoisotopic (exact) mass is 269 g/mol. The first-order chi connectivity index (χ1) is 9.75. The number of ether oxygens (including phenoxy) is 1. The third-order valence-electron chi connectivity index (χ3n) is 3.82. The van der Waals surface area contributed by atoms with Crippen molar-refractivity contribution in [2.75, 3.05) is 13.7 Å². The van der Waals surface area contributed by atoms with Gasteiger partial charge in [0.05, 0.1) is 12.1 Å². The number of pyridine rings is 1. The van der Waals surface area contributed by atoms with Crippen molar-refractivity contribution in [3.05, 3.63) is 59.9 Å². The number of nitrogens with two attached hydrogens (primary N) is 1. The molecule has 2 heterocycles. The molecule has 1 aromatic carbocycles. The van der Waals surface area contributed by atoms with Gasteiger partial charge in [-0.1, -0.05) is 24.3 Å². The molecule has 3 rings (SSSR count). The van der Waals surface area contributed by atoms with Crippen LogP contribution in [0.25, 0.3) is 0 Å². The van der Waals surface area contributed by atoms with E-state index in [-0.39, 0.29) is 12.1 Å². The molecule has 0 amide bonds. The quantitative estimate of drug-likeness (QED) is 0.925. The van der Waals surface area contributed by atoms with Crippen molar-refractivity contribution in [3.63, 3.8) is 0 Å². The predicted molar refractivity (Wildman–Crippen MR) is 78.4 cm³/mol. The summed E-state index contributed by atoms with van der Waals surface area (Å²) in [6.07, 6.45) is 3.68. The summed E-state index contributed by atoms with van der Waals surface area (Å²) in [6.45, 7) is 1.44. The highest BCUT2D eigenvalue weighted by Gasteiger charge is 2.30. The standard InChI is InChI=1S/C16H19N3O/c1-19(10-12-5-4-8-18-9-12)14-11-20-15-7-3-2-6-13(15)16(14)17/h2-9,14,16H,10-11,17H2,1H3. The molecule has 0 saturated heterocycles. The smallest absolute Gasteiger partial charge is 0.124 e. The number of aromatic nitrogens is 1. The zero-order valence-corrected chi connectivity index (χ0v) is 11.6. The summed E-state index contributed by atoms with van der Waals surface area (Å²) in [5.41, 5.74) is 8.67. The molecule has 0 spiro atoms. The third kappa shape index (κ3) is 2.53. The van der Waals surface area contributed by atoms with Crippen LogP contribution in [0.1, 0.15) is 17.2 Å². The molecule has 2 unspecified atom stereocenters. The van der Waals surface area contributed by atoms with E-state index in [2.05, 4.69) is 23.0 Å². The Morgan fingerprint density at radius 1 is 1.30 bits per heavy atom. The average Bonchev–Trinajstić information content (AvgIpc) is 2.49. The zero-order valence-electron chi connectivity index (χ0n) is 11.6. The van der Waals surface area contributed by atoms with Gasteiger partial charge >= 0.3 is 0 Å². The number of likely N-dealkylation sites (N-methyl/N-ethyl adjacent to an activating group) is 1. The van der Waals surface area contributed by atoms with Gasteiger partial charge < -0.3 is 10.5 Å². The van der Waals surface area contributed by atoms with Crippen LogP contribution >= 0.6 is 0 Å². The van der Waals surface area contributed by atoms with Crippen LogP contribution in [0.2, 0.25) is 0 Å². The minimum Gasteiger partial charge on any atom is -0.492 e. The van der Waals surface area contributed by atoms with Crippen LogP contribution in [-0.4, -0.2) is 29.6 Å². The molecule has 1 aliphatic heterocycles. The number of para-hydroxylation sites is 1. The fourth-order valence-corrected chi connectivity index (χ4v) is 2.67. The molecular formula is C16H19N3O. The molecule has 1 aromatic heterocycles. The van der Waals surface area contributed by atoms with Gasteiger partial charge in [0.1, 0.15) is 12.4 Å². The van der Waals surface area contributed by atoms with E-state index in [9.17, 15) is 0 Å². The van der Waals surface area contributed by atoms with Crippen LogP contribution in [0.3, 0.4) is 0 Å². The van der Waals surface area contributed by atoms with Crippen molar-refractivity contribution in [3.8, 4) is 5.75 Å². The highest BCUT2D eigenvalue weighted by Crippen LogP contribution is 2.32. The normalized spacial score (nSPS) is 21.4. The molecule has 0 bridgehead atoms. The number of nitrogens with zero attached hydrogens (tertiary/aromatic N) is 2. The summed E-state index contributed by atoms with van der Waals surface area (Å²) >= 11 is 0. The number of hydrogen-bond acceptors (Lipinski definition) is 4. The van der Waals surface area contributed by atoms with E-state index in [1.165, 1.54) is 5.56 Å². The van der Waals surface area contributed by atoms with Gasteiger partial charge in [0.25, 0.3) is 0 Å². The fourth-order valence-electron chi connectivity index (χ4n) is 2.67. The minimum atomic E-state index is -0.0263. The maximum atomic E-state index is 6.41. The predicted octanol–water partition coefficient (Wildman–Crippen LogP) is 1.97. The second-order valence-electron chi connectivity index (χ2n) is 5.22. The van der Waals surface area contributed by atoms with Gasteiger partial charge in [0.2, 0.25) is 0 Å². The second-order valence-corrected chi connectivity index (χ2v) is 5.22. The summed E-state index contributed by atoms with van der Waals surface area (Å²) in [6, 6.07) is 12.2. The molecule has 2 aromatic rings. The number of fused-ring (bicyclic) bond motifs is 1. The van der Waals surface area contributed by atoms with Crippen molar-refractivity contribution in [2.45, 2.75) is 18.6 Å². The molecular weight excluding hydrogens is 250 g/mol. The van der Waals surface area contributed by atoms with E-state index in [4.69, 9.17) is 10.5 Å². The first kappa shape index (κ1) is 13.1. The highest BCUT2D eigenvalue weighted by molar-refractivity contribution is 5.38. The summed E-state index contributed by atoms with van der Waals surface area (Å²) in [5, 5.41) is 0. The van der Waals surface area contributed by atoms with Crippen LogP contribution in [0.4, 0.5) is 0 Å². The van der Waals surface area contributed by atoms with Crippen LogP contribution in [0.5, 0.6) is 5.75 Å². The summed E-state index contributed by atoms with van der Waals surface area (Å²) in [7, 11) is 2.08. The lowest BCUT2D eigenvalue weighted by Crippen LogP contribution is -2.46. The Bertz CT molecular complexity index is 573. The average molecular weight is 269 g/mol. The molecule has 104 valence electrons. The zero-order chi connectivity index (χ0) is 13.9. The van der Waals surface area contributed by atoms with Crippen molar-refractivity contribution >= 4 is 0 Å². The maximum Gasteiger partial charge on any atom is 0.124 e. The van der Waals surface area contributed by atoms with Crippen LogP contribution in [-0.2, 0) is 6.54 Å². The van der Waals surface area contributed by atoms with Crippen molar-refractivity contribution in [1.29, 1.82) is 0 Å². The topological polar surface area (TPSA) is 51.4 Å². The molecule has 2 atom stereocenters. The highest BCUT2D eigenvalue weighted by atomic mass is 16.5. The van der Waals surface area contributed by atoms with Gasteiger partial charge in [-0.05, 0) is 24.7 Å². The Labute approximate surface area is 119 Å². The van der Waals surface area contributed by atoms with Crippen molar-refractivity contribution < 1.29 is 4.74 Å². The van der Waals surface area contributed by atoms with Gasteiger partial charge in [-0.2, -0.15) is 0 Å². The Kier molecular flexibility index (Phi) is 3.67.